The van der Waals surface area contributed by atoms with Crippen molar-refractivity contribution in [3.63, 3.8) is 0 Å². The van der Waals surface area contributed by atoms with Crippen LogP contribution in [0.4, 0.5) is 4.39 Å². The molecule has 0 amide bonds. The molecule has 0 saturated carbocycles. The van der Waals surface area contributed by atoms with Crippen LogP contribution >= 0.6 is 23.2 Å². The van der Waals surface area contributed by atoms with Crippen LogP contribution in [0.2, 0.25) is 10.0 Å². The lowest BCUT2D eigenvalue weighted by atomic mass is 10.1. The van der Waals surface area contributed by atoms with Gasteiger partial charge in [-0.3, -0.25) is 0 Å². The third kappa shape index (κ3) is 2.15. The molecule has 0 heterocycles. The molecule has 1 atom stereocenters. The van der Waals surface area contributed by atoms with Gasteiger partial charge in [0, 0.05) is 10.6 Å². The van der Waals surface area contributed by atoms with Crippen LogP contribution in [0.3, 0.4) is 0 Å². The standard InChI is InChI=1S/C8H5Cl2FO3/c9-4-2-6(11)5(10)1-3(4)7(12)8(13)14/h1-2,7,12H,(H,13,14)/t7-/m0/s1. The predicted molar refractivity (Wildman–Crippen MR) is 49.0 cm³/mol. The van der Waals surface area contributed by atoms with E-state index < -0.39 is 17.9 Å². The molecule has 0 aliphatic heterocycles. The molecule has 0 aliphatic rings. The molecule has 1 aromatic rings. The summed E-state index contributed by atoms with van der Waals surface area (Å²) in [4.78, 5) is 10.4. The normalized spacial score (nSPS) is 12.6. The van der Waals surface area contributed by atoms with Crippen molar-refractivity contribution in [2.75, 3.05) is 0 Å². The van der Waals surface area contributed by atoms with Crippen LogP contribution in [-0.2, 0) is 4.79 Å². The van der Waals surface area contributed by atoms with Gasteiger partial charge in [-0.2, -0.15) is 0 Å². The van der Waals surface area contributed by atoms with E-state index in [0.717, 1.165) is 12.1 Å². The van der Waals surface area contributed by atoms with Crippen molar-refractivity contribution in [1.29, 1.82) is 0 Å². The quantitative estimate of drug-likeness (QED) is 0.778. The van der Waals surface area contributed by atoms with Crippen molar-refractivity contribution < 1.29 is 19.4 Å². The van der Waals surface area contributed by atoms with E-state index in [1.807, 2.05) is 0 Å². The summed E-state index contributed by atoms with van der Waals surface area (Å²) >= 11 is 10.9. The molecule has 6 heteroatoms. The molecule has 1 aromatic carbocycles. The Balaban J connectivity index is 3.22. The second-order valence-electron chi connectivity index (χ2n) is 2.53. The lowest BCUT2D eigenvalue weighted by Gasteiger charge is -2.08. The van der Waals surface area contributed by atoms with Crippen LogP contribution in [0.1, 0.15) is 11.7 Å². The van der Waals surface area contributed by atoms with Gasteiger partial charge in [-0.15, -0.1) is 0 Å². The molecule has 0 aromatic heterocycles. The van der Waals surface area contributed by atoms with Crippen molar-refractivity contribution in [3.8, 4) is 0 Å². The van der Waals surface area contributed by atoms with E-state index in [4.69, 9.17) is 33.4 Å². The van der Waals surface area contributed by atoms with Crippen LogP contribution < -0.4 is 0 Å². The Labute approximate surface area is 88.7 Å². The third-order valence-electron chi connectivity index (χ3n) is 1.57. The molecular formula is C8H5Cl2FO3. The second kappa shape index (κ2) is 4.13. The Hall–Kier alpha value is -0.840. The number of rotatable bonds is 2. The van der Waals surface area contributed by atoms with Crippen LogP contribution in [0.15, 0.2) is 12.1 Å². The van der Waals surface area contributed by atoms with Crippen molar-refractivity contribution in [3.05, 3.63) is 33.6 Å². The van der Waals surface area contributed by atoms with Gasteiger partial charge in [0.25, 0.3) is 0 Å². The number of hydrogen-bond acceptors (Lipinski definition) is 2. The molecule has 0 aliphatic carbocycles. The Kier molecular flexibility index (Phi) is 3.31. The first-order valence-electron chi connectivity index (χ1n) is 3.48. The van der Waals surface area contributed by atoms with Crippen LogP contribution in [0.25, 0.3) is 0 Å². The van der Waals surface area contributed by atoms with E-state index in [1.54, 1.807) is 0 Å². The van der Waals surface area contributed by atoms with Crippen molar-refractivity contribution in [1.82, 2.24) is 0 Å². The zero-order valence-corrected chi connectivity index (χ0v) is 8.18. The van der Waals surface area contributed by atoms with Gasteiger partial charge in [0.1, 0.15) is 5.82 Å². The topological polar surface area (TPSA) is 57.5 Å². The van der Waals surface area contributed by atoms with E-state index in [-0.39, 0.29) is 15.6 Å². The average molecular weight is 239 g/mol. The van der Waals surface area contributed by atoms with Crippen molar-refractivity contribution in [2.45, 2.75) is 6.10 Å². The SMILES string of the molecule is O=C(O)[C@@H](O)c1cc(Cl)c(F)cc1Cl. The van der Waals surface area contributed by atoms with Gasteiger partial charge >= 0.3 is 5.97 Å². The molecular weight excluding hydrogens is 234 g/mol. The van der Waals surface area contributed by atoms with Gasteiger partial charge < -0.3 is 10.2 Å². The Morgan fingerprint density at radius 1 is 1.36 bits per heavy atom. The summed E-state index contributed by atoms with van der Waals surface area (Å²) < 4.78 is 12.8. The minimum absolute atomic E-state index is 0.134. The zero-order chi connectivity index (χ0) is 10.9. The number of carbonyl (C=O) groups is 1. The Bertz CT molecular complexity index is 381. The number of benzene rings is 1. The van der Waals surface area contributed by atoms with Gasteiger partial charge in [-0.05, 0) is 12.1 Å². The average Bonchev–Trinajstić information content (AvgIpc) is 2.10. The molecule has 3 nitrogen and oxygen atoms in total. The predicted octanol–water partition coefficient (Wildman–Crippen LogP) is 2.25. The molecule has 0 unspecified atom stereocenters. The smallest absolute Gasteiger partial charge is 0.337 e. The minimum atomic E-state index is -1.81. The highest BCUT2D eigenvalue weighted by Gasteiger charge is 2.20. The summed E-state index contributed by atoms with van der Waals surface area (Å²) in [5, 5.41) is 17.1. The zero-order valence-electron chi connectivity index (χ0n) is 6.67. The van der Waals surface area contributed by atoms with Crippen LogP contribution in [0.5, 0.6) is 0 Å². The number of aliphatic hydroxyl groups excluding tert-OH is 1. The highest BCUT2D eigenvalue weighted by atomic mass is 35.5. The number of halogens is 3. The van der Waals surface area contributed by atoms with Gasteiger partial charge in [0.05, 0.1) is 5.02 Å². The summed E-state index contributed by atoms with van der Waals surface area (Å²) in [6.45, 7) is 0. The summed E-state index contributed by atoms with van der Waals surface area (Å²) in [5.74, 6) is -2.24. The summed E-state index contributed by atoms with van der Waals surface area (Å²) in [6, 6.07) is 1.84. The molecule has 1 rings (SSSR count). The lowest BCUT2D eigenvalue weighted by molar-refractivity contribution is -0.146. The highest BCUT2D eigenvalue weighted by Crippen LogP contribution is 2.28. The molecule has 0 saturated heterocycles. The third-order valence-corrected chi connectivity index (χ3v) is 2.19. The van der Waals surface area contributed by atoms with Gasteiger partial charge in [0.2, 0.25) is 0 Å². The first-order chi connectivity index (χ1) is 6.43. The van der Waals surface area contributed by atoms with E-state index in [9.17, 15) is 9.18 Å². The number of hydrogen-bond donors (Lipinski definition) is 2. The first-order valence-corrected chi connectivity index (χ1v) is 4.24. The second-order valence-corrected chi connectivity index (χ2v) is 3.34. The van der Waals surface area contributed by atoms with Crippen molar-refractivity contribution in [2.24, 2.45) is 0 Å². The molecule has 0 spiro atoms. The van der Waals surface area contributed by atoms with E-state index >= 15 is 0 Å². The fraction of sp³-hybridized carbons (Fsp3) is 0.125. The van der Waals surface area contributed by atoms with Gasteiger partial charge in [0.15, 0.2) is 6.10 Å². The molecule has 0 fully saturated rings. The Morgan fingerprint density at radius 2 is 1.93 bits per heavy atom. The number of carboxylic acids is 1. The monoisotopic (exact) mass is 238 g/mol. The molecule has 2 N–H and O–H groups in total. The minimum Gasteiger partial charge on any atom is -0.479 e. The number of carboxylic acid groups (broad SMARTS) is 1. The lowest BCUT2D eigenvalue weighted by Crippen LogP contribution is -2.11. The molecule has 14 heavy (non-hydrogen) atoms. The van der Waals surface area contributed by atoms with E-state index in [2.05, 4.69) is 0 Å². The fourth-order valence-electron chi connectivity index (χ4n) is 0.881. The number of aliphatic carboxylic acids is 1. The van der Waals surface area contributed by atoms with Gasteiger partial charge in [-0.1, -0.05) is 23.2 Å². The maximum absolute atomic E-state index is 12.8. The van der Waals surface area contributed by atoms with E-state index in [0.29, 0.717) is 0 Å². The molecule has 0 radical (unpaired) electrons. The summed E-state index contributed by atoms with van der Waals surface area (Å²) in [5.41, 5.74) is -0.134. The van der Waals surface area contributed by atoms with Crippen LogP contribution in [0, 0.1) is 5.82 Å². The summed E-state index contributed by atoms with van der Waals surface area (Å²) in [7, 11) is 0. The van der Waals surface area contributed by atoms with Crippen molar-refractivity contribution >= 4 is 29.2 Å². The maximum atomic E-state index is 12.8. The largest absolute Gasteiger partial charge is 0.479 e. The molecule has 0 bridgehead atoms. The maximum Gasteiger partial charge on any atom is 0.337 e. The Morgan fingerprint density at radius 3 is 2.43 bits per heavy atom. The van der Waals surface area contributed by atoms with Gasteiger partial charge in [-0.25, -0.2) is 9.18 Å². The first kappa shape index (κ1) is 11.2. The van der Waals surface area contributed by atoms with Crippen LogP contribution in [-0.4, -0.2) is 16.2 Å². The highest BCUT2D eigenvalue weighted by molar-refractivity contribution is 6.33. The van der Waals surface area contributed by atoms with E-state index in [1.165, 1.54) is 0 Å². The molecule has 76 valence electrons. The fourth-order valence-corrected chi connectivity index (χ4v) is 1.31. The summed E-state index contributed by atoms with van der Waals surface area (Å²) in [6.07, 6.45) is -1.81. The number of aliphatic hydroxyl groups is 1.